The highest BCUT2D eigenvalue weighted by Gasteiger charge is 2.22. The highest BCUT2D eigenvalue weighted by Crippen LogP contribution is 2.32. The van der Waals surface area contributed by atoms with Gasteiger partial charge >= 0.3 is 0 Å². The summed E-state index contributed by atoms with van der Waals surface area (Å²) >= 11 is 0. The third-order valence-corrected chi connectivity index (χ3v) is 5.90. The quantitative estimate of drug-likeness (QED) is 0.586. The Morgan fingerprint density at radius 1 is 1.16 bits per heavy atom. The van der Waals surface area contributed by atoms with E-state index in [9.17, 15) is 9.59 Å². The molecule has 1 aliphatic heterocycles. The average molecular weight is 433 g/mol. The second-order valence-electron chi connectivity index (χ2n) is 8.07. The minimum Gasteiger partial charge on any atom is -0.493 e. The van der Waals surface area contributed by atoms with E-state index >= 15 is 0 Å². The Labute approximate surface area is 187 Å². The number of likely N-dealkylation sites (tertiary alicyclic amines) is 1. The first-order valence-electron chi connectivity index (χ1n) is 11.0. The lowest BCUT2D eigenvalue weighted by atomic mass is 9.97. The van der Waals surface area contributed by atoms with Crippen molar-refractivity contribution in [1.29, 1.82) is 0 Å². The van der Waals surface area contributed by atoms with Crippen LogP contribution in [-0.2, 0) is 4.79 Å². The molecular formula is C25H28N4O3. The van der Waals surface area contributed by atoms with E-state index < -0.39 is 5.91 Å². The summed E-state index contributed by atoms with van der Waals surface area (Å²) in [6.45, 7) is 4.06. The number of carbonyl (C=O) groups excluding carboxylic acids is 2. The maximum atomic E-state index is 12.1. The minimum absolute atomic E-state index is 0.218. The van der Waals surface area contributed by atoms with Gasteiger partial charge in [0.1, 0.15) is 5.75 Å². The third-order valence-electron chi connectivity index (χ3n) is 5.90. The molecule has 2 amide bonds. The van der Waals surface area contributed by atoms with E-state index in [2.05, 4.69) is 10.3 Å². The number of pyridine rings is 1. The van der Waals surface area contributed by atoms with Gasteiger partial charge in [0.25, 0.3) is 5.91 Å². The monoisotopic (exact) mass is 432 g/mol. The zero-order valence-corrected chi connectivity index (χ0v) is 18.2. The molecule has 1 aromatic heterocycles. The summed E-state index contributed by atoms with van der Waals surface area (Å²) in [5.41, 5.74) is 8.15. The van der Waals surface area contributed by atoms with Crippen molar-refractivity contribution >= 4 is 34.1 Å². The third kappa shape index (κ3) is 4.82. The van der Waals surface area contributed by atoms with Crippen molar-refractivity contribution in [2.75, 3.05) is 25.0 Å². The highest BCUT2D eigenvalue weighted by molar-refractivity contribution is 6.07. The number of fused-ring (bicyclic) bond motifs is 1. The van der Waals surface area contributed by atoms with Crippen molar-refractivity contribution in [3.05, 3.63) is 60.3 Å². The van der Waals surface area contributed by atoms with Crippen molar-refractivity contribution in [3.63, 3.8) is 0 Å². The zero-order valence-electron chi connectivity index (χ0n) is 18.2. The smallest absolute Gasteiger partial charge is 0.252 e. The Hall–Kier alpha value is -3.61. The first kappa shape index (κ1) is 21.6. The fourth-order valence-corrected chi connectivity index (χ4v) is 4.04. The molecule has 7 heteroatoms. The summed E-state index contributed by atoms with van der Waals surface area (Å²) in [6, 6.07) is 15.3. The maximum Gasteiger partial charge on any atom is 0.252 e. The van der Waals surface area contributed by atoms with Crippen LogP contribution < -0.4 is 15.8 Å². The van der Waals surface area contributed by atoms with Gasteiger partial charge < -0.3 is 20.7 Å². The van der Waals surface area contributed by atoms with Gasteiger partial charge in [-0.15, -0.1) is 0 Å². The van der Waals surface area contributed by atoms with E-state index in [1.807, 2.05) is 60.4 Å². The zero-order chi connectivity index (χ0) is 22.5. The van der Waals surface area contributed by atoms with Crippen LogP contribution in [0, 0.1) is 5.92 Å². The molecule has 32 heavy (non-hydrogen) atoms. The fourth-order valence-electron chi connectivity index (χ4n) is 4.04. The van der Waals surface area contributed by atoms with Crippen LogP contribution in [0.5, 0.6) is 5.75 Å². The summed E-state index contributed by atoms with van der Waals surface area (Å²) in [4.78, 5) is 30.2. The number of benzene rings is 2. The van der Waals surface area contributed by atoms with E-state index in [0.29, 0.717) is 35.9 Å². The van der Waals surface area contributed by atoms with Gasteiger partial charge in [-0.2, -0.15) is 0 Å². The van der Waals surface area contributed by atoms with Crippen LogP contribution in [0.25, 0.3) is 10.9 Å². The molecular weight excluding hydrogens is 404 g/mol. The van der Waals surface area contributed by atoms with Crippen molar-refractivity contribution in [2.24, 2.45) is 11.7 Å². The predicted octanol–water partition coefficient (Wildman–Crippen LogP) is 4.10. The lowest BCUT2D eigenvalue weighted by molar-refractivity contribution is -0.132. The van der Waals surface area contributed by atoms with Gasteiger partial charge in [-0.25, -0.2) is 0 Å². The van der Waals surface area contributed by atoms with Crippen molar-refractivity contribution < 1.29 is 14.3 Å². The lowest BCUT2D eigenvalue weighted by Crippen LogP contribution is -2.39. The molecule has 0 aliphatic carbocycles. The second-order valence-corrected chi connectivity index (χ2v) is 8.07. The number of piperidine rings is 1. The number of aromatic nitrogens is 1. The molecule has 166 valence electrons. The van der Waals surface area contributed by atoms with Gasteiger partial charge in [-0.05, 0) is 49.1 Å². The van der Waals surface area contributed by atoms with Gasteiger partial charge in [0.2, 0.25) is 5.91 Å². The van der Waals surface area contributed by atoms with Crippen LogP contribution in [0.1, 0.15) is 36.5 Å². The molecule has 7 nitrogen and oxygen atoms in total. The summed E-state index contributed by atoms with van der Waals surface area (Å²) in [7, 11) is 0. The molecule has 0 radical (unpaired) electrons. The molecule has 2 heterocycles. The number of hydrogen-bond donors (Lipinski definition) is 2. The molecule has 1 fully saturated rings. The maximum absolute atomic E-state index is 12.1. The largest absolute Gasteiger partial charge is 0.493 e. The number of nitrogens with two attached hydrogens (primary N) is 1. The molecule has 4 rings (SSSR count). The molecule has 2 aromatic carbocycles. The summed E-state index contributed by atoms with van der Waals surface area (Å²) in [6.07, 6.45) is 3.93. The molecule has 0 atom stereocenters. The molecule has 0 saturated carbocycles. The molecule has 0 unspecified atom stereocenters. The Morgan fingerprint density at radius 3 is 2.59 bits per heavy atom. The van der Waals surface area contributed by atoms with Crippen molar-refractivity contribution in [3.8, 4) is 5.75 Å². The molecule has 0 spiro atoms. The standard InChI is InChI=1S/C25H28N4O3/c1-2-23(30)29-12-10-17(11-13-29)16-32-19-8-9-22-20(14-19)24(21(15-27-22)25(26)31)28-18-6-4-3-5-7-18/h3-9,14-15,17H,2,10-13,16H2,1H3,(H2,26,31)(H,27,28). The average Bonchev–Trinajstić information content (AvgIpc) is 2.83. The topological polar surface area (TPSA) is 97.6 Å². The molecule has 0 bridgehead atoms. The summed E-state index contributed by atoms with van der Waals surface area (Å²) in [5, 5.41) is 4.09. The number of hydrogen-bond acceptors (Lipinski definition) is 5. The van der Waals surface area contributed by atoms with Gasteiger partial charge in [-0.1, -0.05) is 25.1 Å². The number of primary amides is 1. The first-order valence-corrected chi connectivity index (χ1v) is 11.0. The Morgan fingerprint density at radius 2 is 1.91 bits per heavy atom. The SMILES string of the molecule is CCC(=O)N1CCC(COc2ccc3ncc(C(N)=O)c(Nc4ccccc4)c3c2)CC1. The van der Waals surface area contributed by atoms with E-state index in [4.69, 9.17) is 10.5 Å². The lowest BCUT2D eigenvalue weighted by Gasteiger charge is -2.31. The number of carbonyl (C=O) groups is 2. The van der Waals surface area contributed by atoms with Crippen LogP contribution in [-0.4, -0.2) is 41.4 Å². The van der Waals surface area contributed by atoms with Crippen LogP contribution in [0.15, 0.2) is 54.7 Å². The van der Waals surface area contributed by atoms with E-state index in [-0.39, 0.29) is 5.91 Å². The van der Waals surface area contributed by atoms with Gasteiger partial charge in [-0.3, -0.25) is 14.6 Å². The van der Waals surface area contributed by atoms with E-state index in [0.717, 1.165) is 42.5 Å². The predicted molar refractivity (Wildman–Crippen MR) is 125 cm³/mol. The summed E-state index contributed by atoms with van der Waals surface area (Å²) < 4.78 is 6.11. The van der Waals surface area contributed by atoms with E-state index in [1.54, 1.807) is 0 Å². The number of nitrogens with zero attached hydrogens (tertiary/aromatic N) is 2. The molecule has 1 aliphatic rings. The number of nitrogens with one attached hydrogen (secondary N) is 1. The molecule has 3 N–H and O–H groups in total. The summed E-state index contributed by atoms with van der Waals surface area (Å²) in [5.74, 6) is 0.792. The first-order chi connectivity index (χ1) is 15.5. The second kappa shape index (κ2) is 9.68. The Kier molecular flexibility index (Phi) is 6.54. The number of para-hydroxylation sites is 1. The Balaban J connectivity index is 1.53. The number of ether oxygens (including phenoxy) is 1. The van der Waals surface area contributed by atoms with Gasteiger partial charge in [0.15, 0.2) is 0 Å². The van der Waals surface area contributed by atoms with Gasteiger partial charge in [0, 0.05) is 36.8 Å². The van der Waals surface area contributed by atoms with Crippen molar-refractivity contribution in [1.82, 2.24) is 9.88 Å². The van der Waals surface area contributed by atoms with Crippen LogP contribution in [0.3, 0.4) is 0 Å². The number of rotatable bonds is 7. The van der Waals surface area contributed by atoms with Gasteiger partial charge in [0.05, 0.1) is 23.4 Å². The van der Waals surface area contributed by atoms with E-state index in [1.165, 1.54) is 6.20 Å². The van der Waals surface area contributed by atoms with Crippen LogP contribution >= 0.6 is 0 Å². The van der Waals surface area contributed by atoms with Crippen LogP contribution in [0.4, 0.5) is 11.4 Å². The molecule has 3 aromatic rings. The molecule has 1 saturated heterocycles. The normalized spacial score (nSPS) is 14.3. The fraction of sp³-hybridized carbons (Fsp3) is 0.320. The van der Waals surface area contributed by atoms with Crippen molar-refractivity contribution in [2.45, 2.75) is 26.2 Å². The number of anilines is 2. The Bertz CT molecular complexity index is 1110. The number of amides is 2. The minimum atomic E-state index is -0.544. The highest BCUT2D eigenvalue weighted by atomic mass is 16.5. The van der Waals surface area contributed by atoms with Crippen LogP contribution in [0.2, 0.25) is 0 Å².